The summed E-state index contributed by atoms with van der Waals surface area (Å²) in [5.74, 6) is -0.273. The largest absolute Gasteiger partial charge is 0.417 e. The maximum absolute atomic E-state index is 13.6. The number of benzene rings is 2. The summed E-state index contributed by atoms with van der Waals surface area (Å²) >= 11 is 0. The number of nitrogens with two attached hydrogens (primary N) is 1. The number of pyridine rings is 2. The van der Waals surface area contributed by atoms with E-state index in [0.717, 1.165) is 17.7 Å². The first kappa shape index (κ1) is 21.6. The number of aromatic nitrogens is 4. The van der Waals surface area contributed by atoms with Crippen LogP contribution in [0.3, 0.4) is 0 Å². The van der Waals surface area contributed by atoms with E-state index in [1.165, 1.54) is 6.07 Å². The Balaban J connectivity index is 1.81. The van der Waals surface area contributed by atoms with Crippen molar-refractivity contribution in [2.24, 2.45) is 0 Å². The van der Waals surface area contributed by atoms with Gasteiger partial charge in [0.15, 0.2) is 11.5 Å². The number of halogens is 4. The number of imidazole rings is 1. The van der Waals surface area contributed by atoms with Gasteiger partial charge >= 0.3 is 6.18 Å². The lowest BCUT2D eigenvalue weighted by Crippen LogP contribution is -2.08. The lowest BCUT2D eigenvalue weighted by Gasteiger charge is -2.13. The van der Waals surface area contributed by atoms with Gasteiger partial charge in [0.05, 0.1) is 16.8 Å². The predicted molar refractivity (Wildman–Crippen MR) is 122 cm³/mol. The lowest BCUT2D eigenvalue weighted by molar-refractivity contribution is -0.137. The summed E-state index contributed by atoms with van der Waals surface area (Å²) in [6.07, 6.45) is -3.19. The molecule has 0 amide bonds. The van der Waals surface area contributed by atoms with E-state index >= 15 is 0 Å². The van der Waals surface area contributed by atoms with Crippen molar-refractivity contribution in [2.75, 3.05) is 5.73 Å². The highest BCUT2D eigenvalue weighted by Gasteiger charge is 2.34. The normalized spacial score (nSPS) is 11.8. The van der Waals surface area contributed by atoms with Crippen LogP contribution in [0.2, 0.25) is 0 Å². The highest BCUT2D eigenvalue weighted by atomic mass is 19.4. The zero-order valence-electron chi connectivity index (χ0n) is 17.8. The Morgan fingerprint density at radius 3 is 2.35 bits per heavy atom. The summed E-state index contributed by atoms with van der Waals surface area (Å²) in [4.78, 5) is 13.3. The predicted octanol–water partition coefficient (Wildman–Crippen LogP) is 6.20. The molecule has 0 unspecified atom stereocenters. The highest BCUT2D eigenvalue weighted by molar-refractivity contribution is 5.84. The topological polar surface area (TPSA) is 69.6 Å². The Bertz CT molecular complexity index is 1520. The fraction of sp³-hybridized carbons (Fsp3) is 0.0800. The van der Waals surface area contributed by atoms with Gasteiger partial charge in [-0.25, -0.2) is 19.3 Å². The monoisotopic (exact) mass is 463 g/mol. The Morgan fingerprint density at radius 2 is 1.65 bits per heavy atom. The molecule has 0 aliphatic heterocycles. The maximum atomic E-state index is 13.6. The Morgan fingerprint density at radius 1 is 0.882 bits per heavy atom. The van der Waals surface area contributed by atoms with Crippen LogP contribution in [0.25, 0.3) is 39.5 Å². The second-order valence-electron chi connectivity index (χ2n) is 7.77. The molecule has 0 saturated carbocycles. The van der Waals surface area contributed by atoms with Crippen molar-refractivity contribution in [3.63, 3.8) is 0 Å². The number of hydrogen-bond donors (Lipinski definition) is 1. The molecule has 0 aliphatic carbocycles. The Labute approximate surface area is 191 Å². The number of rotatable bonds is 3. The maximum Gasteiger partial charge on any atom is 0.417 e. The summed E-state index contributed by atoms with van der Waals surface area (Å²) in [5, 5.41) is 0. The molecule has 0 atom stereocenters. The molecule has 5 aromatic rings. The SMILES string of the molecule is Cc1ccc(-n2c(-c3cccnc3N)nc3ccc(-c4ccc(F)cc4C(F)(F)F)nc32)cc1. The zero-order valence-corrected chi connectivity index (χ0v) is 17.8. The average molecular weight is 463 g/mol. The molecule has 5 rings (SSSR count). The molecular formula is C25H17F4N5. The number of hydrogen-bond acceptors (Lipinski definition) is 4. The molecule has 34 heavy (non-hydrogen) atoms. The summed E-state index contributed by atoms with van der Waals surface area (Å²) in [7, 11) is 0. The van der Waals surface area contributed by atoms with Gasteiger partial charge in [0.25, 0.3) is 0 Å². The average Bonchev–Trinajstić information content (AvgIpc) is 3.18. The number of nitrogen functional groups attached to an aromatic ring is 1. The fourth-order valence-corrected chi connectivity index (χ4v) is 3.81. The minimum Gasteiger partial charge on any atom is -0.383 e. The van der Waals surface area contributed by atoms with Crippen molar-refractivity contribution in [3.8, 4) is 28.3 Å². The van der Waals surface area contributed by atoms with E-state index < -0.39 is 17.6 Å². The van der Waals surface area contributed by atoms with Crippen LogP contribution < -0.4 is 5.73 Å². The quantitative estimate of drug-likeness (QED) is 0.324. The van der Waals surface area contributed by atoms with E-state index in [9.17, 15) is 17.6 Å². The van der Waals surface area contributed by atoms with Gasteiger partial charge < -0.3 is 5.73 Å². The molecule has 3 heterocycles. The Hall–Kier alpha value is -4.27. The summed E-state index contributed by atoms with van der Waals surface area (Å²) in [6.45, 7) is 1.94. The minimum absolute atomic E-state index is 0.0406. The van der Waals surface area contributed by atoms with Crippen LogP contribution in [0.5, 0.6) is 0 Å². The zero-order chi connectivity index (χ0) is 24.0. The summed E-state index contributed by atoms with van der Waals surface area (Å²) in [6, 6.07) is 16.6. The van der Waals surface area contributed by atoms with Gasteiger partial charge in [0.1, 0.15) is 17.2 Å². The van der Waals surface area contributed by atoms with Gasteiger partial charge in [-0.05, 0) is 61.5 Å². The minimum atomic E-state index is -4.75. The fourth-order valence-electron chi connectivity index (χ4n) is 3.81. The van der Waals surface area contributed by atoms with E-state index in [1.807, 2.05) is 31.2 Å². The summed E-state index contributed by atoms with van der Waals surface area (Å²) in [5.41, 5.74) is 7.89. The number of alkyl halides is 3. The number of nitrogens with zero attached hydrogens (tertiary/aromatic N) is 4. The van der Waals surface area contributed by atoms with Crippen molar-refractivity contribution in [1.82, 2.24) is 19.5 Å². The van der Waals surface area contributed by atoms with Crippen molar-refractivity contribution < 1.29 is 17.6 Å². The smallest absolute Gasteiger partial charge is 0.383 e. The number of aryl methyl sites for hydroxylation is 1. The molecule has 0 spiro atoms. The molecule has 9 heteroatoms. The first-order valence-corrected chi connectivity index (χ1v) is 10.3. The second kappa shape index (κ2) is 7.95. The van der Waals surface area contributed by atoms with Gasteiger partial charge in [0, 0.05) is 17.4 Å². The first-order chi connectivity index (χ1) is 16.2. The Kier molecular flexibility index (Phi) is 5.04. The molecule has 2 N–H and O–H groups in total. The first-order valence-electron chi connectivity index (χ1n) is 10.3. The van der Waals surface area contributed by atoms with Crippen molar-refractivity contribution >= 4 is 17.0 Å². The van der Waals surface area contributed by atoms with Crippen LogP contribution in [-0.4, -0.2) is 19.5 Å². The number of fused-ring (bicyclic) bond motifs is 1. The van der Waals surface area contributed by atoms with Crippen molar-refractivity contribution in [2.45, 2.75) is 13.1 Å². The summed E-state index contributed by atoms with van der Waals surface area (Å²) < 4.78 is 56.3. The third-order valence-corrected chi connectivity index (χ3v) is 5.44. The van der Waals surface area contributed by atoms with E-state index in [0.29, 0.717) is 34.3 Å². The lowest BCUT2D eigenvalue weighted by atomic mass is 10.0. The van der Waals surface area contributed by atoms with Crippen LogP contribution in [0, 0.1) is 12.7 Å². The molecule has 2 aromatic carbocycles. The van der Waals surface area contributed by atoms with Crippen LogP contribution in [0.4, 0.5) is 23.4 Å². The van der Waals surface area contributed by atoms with Gasteiger partial charge in [0.2, 0.25) is 0 Å². The molecule has 3 aromatic heterocycles. The molecule has 170 valence electrons. The second-order valence-corrected chi connectivity index (χ2v) is 7.77. The van der Waals surface area contributed by atoms with Gasteiger partial charge in [-0.2, -0.15) is 13.2 Å². The molecule has 0 saturated heterocycles. The third-order valence-electron chi connectivity index (χ3n) is 5.44. The van der Waals surface area contributed by atoms with E-state index in [1.54, 1.807) is 29.0 Å². The van der Waals surface area contributed by atoms with Crippen LogP contribution in [-0.2, 0) is 6.18 Å². The molecule has 0 bridgehead atoms. The molecular weight excluding hydrogens is 446 g/mol. The van der Waals surface area contributed by atoms with E-state index in [4.69, 9.17) is 5.73 Å². The van der Waals surface area contributed by atoms with E-state index in [2.05, 4.69) is 15.0 Å². The van der Waals surface area contributed by atoms with Gasteiger partial charge in [-0.3, -0.25) is 4.57 Å². The molecule has 0 fully saturated rings. The molecule has 0 aliphatic rings. The van der Waals surface area contributed by atoms with Crippen LogP contribution in [0.15, 0.2) is 72.9 Å². The molecule has 0 radical (unpaired) electrons. The van der Waals surface area contributed by atoms with Gasteiger partial charge in [-0.1, -0.05) is 17.7 Å². The third kappa shape index (κ3) is 3.75. The van der Waals surface area contributed by atoms with Crippen molar-refractivity contribution in [1.29, 1.82) is 0 Å². The number of anilines is 1. The standard InChI is InChI=1S/C25H17F4N5/c1-14-4-7-16(8-5-14)34-23(18-3-2-12-31-22(18)30)33-21-11-10-20(32-24(21)34)17-9-6-15(26)13-19(17)25(27,28)29/h2-13H,1H3,(H2,30,31). The van der Waals surface area contributed by atoms with Crippen LogP contribution in [0.1, 0.15) is 11.1 Å². The van der Waals surface area contributed by atoms with E-state index in [-0.39, 0.29) is 17.1 Å². The molecule has 5 nitrogen and oxygen atoms in total. The van der Waals surface area contributed by atoms with Crippen molar-refractivity contribution in [3.05, 3.63) is 89.9 Å². The highest BCUT2D eigenvalue weighted by Crippen LogP contribution is 2.38. The van der Waals surface area contributed by atoms with Gasteiger partial charge in [-0.15, -0.1) is 0 Å². The van der Waals surface area contributed by atoms with Crippen LogP contribution >= 0.6 is 0 Å².